The van der Waals surface area contributed by atoms with Crippen LogP contribution in [0.4, 0.5) is 0 Å². The van der Waals surface area contributed by atoms with Crippen molar-refractivity contribution in [2.75, 3.05) is 0 Å². The second-order valence-corrected chi connectivity index (χ2v) is 3.15. The summed E-state index contributed by atoms with van der Waals surface area (Å²) in [7, 11) is 0. The molecular formula is C10H16Cl3Ti-. The smallest absolute Gasteiger partial charge is 0 e. The van der Waals surface area contributed by atoms with Gasteiger partial charge in [-0.3, -0.25) is 0 Å². The monoisotopic (exact) mass is 289 g/mol. The van der Waals surface area contributed by atoms with Gasteiger partial charge in [0.25, 0.3) is 0 Å². The van der Waals surface area contributed by atoms with Gasteiger partial charge < -0.3 is 0 Å². The van der Waals surface area contributed by atoms with E-state index in [1.54, 1.807) is 5.57 Å². The number of hydrogen-bond acceptors (Lipinski definition) is 0. The van der Waals surface area contributed by atoms with E-state index in [0.29, 0.717) is 0 Å². The van der Waals surface area contributed by atoms with Crippen LogP contribution in [0.2, 0.25) is 0 Å². The summed E-state index contributed by atoms with van der Waals surface area (Å²) < 4.78 is 0. The molecule has 1 unspecified atom stereocenters. The average Bonchev–Trinajstić information content (AvgIpc) is 2.28. The Bertz CT molecular complexity index is 190. The Kier molecular flexibility index (Phi) is 15.2. The third-order valence-corrected chi connectivity index (χ3v) is 2.47. The van der Waals surface area contributed by atoms with Crippen LogP contribution in [0.1, 0.15) is 25.7 Å². The average molecular weight is 290 g/mol. The molecule has 2 aliphatic carbocycles. The molecule has 0 aromatic carbocycles. The summed E-state index contributed by atoms with van der Waals surface area (Å²) in [5.41, 5.74) is 1.59. The van der Waals surface area contributed by atoms with E-state index >= 15 is 0 Å². The maximum Gasteiger partial charge on any atom is 0 e. The topological polar surface area (TPSA) is 0 Å². The Labute approximate surface area is 120 Å². The molecule has 0 aromatic heterocycles. The number of rotatable bonds is 0. The minimum Gasteiger partial charge on any atom is -0.227 e. The maximum absolute atomic E-state index is 2.39. The Morgan fingerprint density at radius 2 is 1.86 bits per heavy atom. The molecule has 0 spiro atoms. The number of fused-ring (bicyclic) bond motifs is 1. The Balaban J connectivity index is -0.000000302. The molecule has 82 valence electrons. The zero-order valence-corrected chi connectivity index (χ0v) is 12.0. The molecule has 0 aliphatic heterocycles. The molecule has 1 saturated carbocycles. The first-order valence-electron chi connectivity index (χ1n) is 4.17. The second kappa shape index (κ2) is 10.5. The van der Waals surface area contributed by atoms with Gasteiger partial charge in [-0.05, 0) is 18.8 Å². The van der Waals surface area contributed by atoms with E-state index in [2.05, 4.69) is 24.6 Å². The van der Waals surface area contributed by atoms with Crippen LogP contribution in [0.25, 0.3) is 0 Å². The maximum atomic E-state index is 2.39. The van der Waals surface area contributed by atoms with Crippen LogP contribution in [0.15, 0.2) is 23.8 Å². The van der Waals surface area contributed by atoms with Crippen molar-refractivity contribution in [2.45, 2.75) is 25.7 Å². The van der Waals surface area contributed by atoms with Crippen molar-refractivity contribution in [3.05, 3.63) is 30.2 Å². The van der Waals surface area contributed by atoms with Gasteiger partial charge in [0.2, 0.25) is 0 Å². The first-order valence-corrected chi connectivity index (χ1v) is 4.17. The van der Waals surface area contributed by atoms with Crippen molar-refractivity contribution >= 4 is 37.2 Å². The quantitative estimate of drug-likeness (QED) is 0.464. The molecule has 0 N–H and O–H groups in total. The standard InChI is InChI=1S/C10H13.3ClH.Ti/c1-2-5-9-7-4-8-10(9)6-3-1;;;;/h1-2,5,7,10H,3-4,6,8H2;3*1H;/q-1;;;;. The molecule has 0 heterocycles. The summed E-state index contributed by atoms with van der Waals surface area (Å²) in [4.78, 5) is 0. The van der Waals surface area contributed by atoms with Gasteiger partial charge in [-0.15, -0.1) is 55.8 Å². The molecule has 0 amide bonds. The Hall–Kier alpha value is 0.934. The molecular weight excluding hydrogens is 274 g/mol. The van der Waals surface area contributed by atoms with E-state index in [9.17, 15) is 0 Å². The van der Waals surface area contributed by atoms with Crippen LogP contribution in [0, 0.1) is 12.3 Å². The van der Waals surface area contributed by atoms with Crippen LogP contribution >= 0.6 is 37.2 Å². The number of allylic oxidation sites excluding steroid dienone is 4. The minimum atomic E-state index is 0. The molecule has 0 aromatic rings. The van der Waals surface area contributed by atoms with Crippen molar-refractivity contribution in [1.82, 2.24) is 0 Å². The van der Waals surface area contributed by atoms with Gasteiger partial charge in [-0.25, -0.2) is 18.1 Å². The summed E-state index contributed by atoms with van der Waals surface area (Å²) >= 11 is 0. The molecule has 0 saturated heterocycles. The van der Waals surface area contributed by atoms with Crippen LogP contribution < -0.4 is 0 Å². The molecule has 2 rings (SSSR count). The van der Waals surface area contributed by atoms with Crippen LogP contribution in [0.3, 0.4) is 0 Å². The molecule has 4 heteroatoms. The van der Waals surface area contributed by atoms with Gasteiger partial charge in [0.05, 0.1) is 0 Å². The normalized spacial score (nSPS) is 21.7. The summed E-state index contributed by atoms with van der Waals surface area (Å²) in [6, 6.07) is 0. The Morgan fingerprint density at radius 3 is 2.57 bits per heavy atom. The van der Waals surface area contributed by atoms with Gasteiger partial charge >= 0.3 is 0 Å². The van der Waals surface area contributed by atoms with Crippen LogP contribution in [-0.4, -0.2) is 0 Å². The largest absolute Gasteiger partial charge is 0.227 e. The van der Waals surface area contributed by atoms with E-state index in [-0.39, 0.29) is 58.9 Å². The van der Waals surface area contributed by atoms with E-state index in [4.69, 9.17) is 0 Å². The third-order valence-electron chi connectivity index (χ3n) is 2.47. The SMILES string of the molecule is C1=CCCC2CC[CH-]C2=C1.Cl.Cl.Cl.[Ti]. The van der Waals surface area contributed by atoms with Crippen LogP contribution in [0.5, 0.6) is 0 Å². The fraction of sp³-hybridized carbons (Fsp3) is 0.500. The molecule has 0 nitrogen and oxygen atoms in total. The third kappa shape index (κ3) is 5.14. The molecule has 14 heavy (non-hydrogen) atoms. The van der Waals surface area contributed by atoms with E-state index in [1.165, 1.54) is 25.7 Å². The van der Waals surface area contributed by atoms with Gasteiger partial charge in [-0.1, -0.05) is 6.42 Å². The predicted molar refractivity (Wildman–Crippen MR) is 65.2 cm³/mol. The van der Waals surface area contributed by atoms with Gasteiger partial charge in [0.15, 0.2) is 0 Å². The summed E-state index contributed by atoms with van der Waals surface area (Å²) in [6.07, 6.45) is 14.5. The molecule has 1 atom stereocenters. The number of hydrogen-bond donors (Lipinski definition) is 0. The van der Waals surface area contributed by atoms with Crippen molar-refractivity contribution in [2.24, 2.45) is 5.92 Å². The molecule has 0 radical (unpaired) electrons. The first kappa shape index (κ1) is 20.4. The van der Waals surface area contributed by atoms with Gasteiger partial charge in [0.1, 0.15) is 0 Å². The summed E-state index contributed by atoms with van der Waals surface area (Å²) in [6.45, 7) is 0. The van der Waals surface area contributed by atoms with Crippen molar-refractivity contribution < 1.29 is 21.7 Å². The predicted octanol–water partition coefficient (Wildman–Crippen LogP) is 4.14. The second-order valence-electron chi connectivity index (χ2n) is 3.15. The number of halogens is 3. The van der Waals surface area contributed by atoms with Crippen LogP contribution in [-0.2, 0) is 21.7 Å². The fourth-order valence-electron chi connectivity index (χ4n) is 1.87. The summed E-state index contributed by atoms with van der Waals surface area (Å²) in [5, 5.41) is 0. The van der Waals surface area contributed by atoms with E-state index in [0.717, 1.165) is 5.92 Å². The molecule has 2 aliphatic rings. The Morgan fingerprint density at radius 1 is 1.14 bits per heavy atom. The van der Waals surface area contributed by atoms with Crippen molar-refractivity contribution in [3.8, 4) is 0 Å². The van der Waals surface area contributed by atoms with E-state index < -0.39 is 0 Å². The summed E-state index contributed by atoms with van der Waals surface area (Å²) in [5.74, 6) is 0.898. The van der Waals surface area contributed by atoms with Crippen molar-refractivity contribution in [3.63, 3.8) is 0 Å². The zero-order chi connectivity index (χ0) is 6.81. The molecule has 1 fully saturated rings. The van der Waals surface area contributed by atoms with Gasteiger partial charge in [0, 0.05) is 21.7 Å². The van der Waals surface area contributed by atoms with Crippen molar-refractivity contribution in [1.29, 1.82) is 0 Å². The van der Waals surface area contributed by atoms with Gasteiger partial charge in [-0.2, -0.15) is 0 Å². The molecule has 0 bridgehead atoms. The fourth-order valence-corrected chi connectivity index (χ4v) is 1.87. The minimum absolute atomic E-state index is 0. The van der Waals surface area contributed by atoms with E-state index in [1.807, 2.05) is 0 Å². The first-order chi connectivity index (χ1) is 4.97. The zero-order valence-electron chi connectivity index (χ0n) is 7.94.